The number of ether oxygens (including phenoxy) is 1. The maximum Gasteiger partial charge on any atom is 0.490 e. The minimum Gasteiger partial charge on any atom is -0.475 e. The minimum absolute atomic E-state index is 0.0123. The van der Waals surface area contributed by atoms with E-state index in [2.05, 4.69) is 20.5 Å². The molecule has 1 spiro atoms. The molecule has 2 amide bonds. The highest BCUT2D eigenvalue weighted by Gasteiger charge is 2.51. The Labute approximate surface area is 205 Å². The van der Waals surface area contributed by atoms with Gasteiger partial charge in [0.1, 0.15) is 12.1 Å². The van der Waals surface area contributed by atoms with Crippen LogP contribution in [-0.2, 0) is 24.7 Å². The first-order valence-electron chi connectivity index (χ1n) is 11.2. The number of pyridine rings is 1. The molecule has 196 valence electrons. The van der Waals surface area contributed by atoms with E-state index in [0.29, 0.717) is 19.7 Å². The number of carboxylic acid groups (broad SMARTS) is 1. The SMILES string of the molecule is CCOCC(=O)N1CCC2(C1)c1cccn1-c1ncccc1N2CC(=O)N(C)C.O=C(O)C(F)(F)F. The van der Waals surface area contributed by atoms with Crippen LogP contribution in [0.1, 0.15) is 19.0 Å². The standard InChI is InChI=1S/C21H27N5O3.C2HF3O2/c1-4-29-14-19(28)24-12-9-21(15-24)17-8-6-11-25(17)20-16(7-5-10-22-20)26(21)13-18(27)23(2)3;3-2(4,5)1(6)7/h5-8,10-11H,4,9,12-15H2,1-3H3;(H,6,7). The van der Waals surface area contributed by atoms with Crippen molar-refractivity contribution in [2.45, 2.75) is 25.1 Å². The number of nitrogens with zero attached hydrogens (tertiary/aromatic N) is 5. The smallest absolute Gasteiger partial charge is 0.475 e. The monoisotopic (exact) mass is 511 g/mol. The number of halogens is 3. The fourth-order valence-electron chi connectivity index (χ4n) is 4.33. The summed E-state index contributed by atoms with van der Waals surface area (Å²) in [5.41, 5.74) is 1.49. The van der Waals surface area contributed by atoms with E-state index in [0.717, 1.165) is 23.6 Å². The molecule has 2 aliphatic rings. The molecule has 4 rings (SSSR count). The zero-order chi connectivity index (χ0) is 26.7. The molecular weight excluding hydrogens is 483 g/mol. The van der Waals surface area contributed by atoms with Crippen molar-refractivity contribution in [1.82, 2.24) is 19.4 Å². The third kappa shape index (κ3) is 5.30. The van der Waals surface area contributed by atoms with Crippen molar-refractivity contribution in [2.75, 3.05) is 51.8 Å². The van der Waals surface area contributed by atoms with Gasteiger partial charge in [0.25, 0.3) is 0 Å². The van der Waals surface area contributed by atoms with E-state index in [4.69, 9.17) is 14.6 Å². The molecule has 13 heteroatoms. The second-order valence-electron chi connectivity index (χ2n) is 8.52. The van der Waals surface area contributed by atoms with Gasteiger partial charge in [-0.05, 0) is 37.6 Å². The van der Waals surface area contributed by atoms with Gasteiger partial charge in [-0.1, -0.05) is 0 Å². The summed E-state index contributed by atoms with van der Waals surface area (Å²) in [6.45, 7) is 3.84. The van der Waals surface area contributed by atoms with Gasteiger partial charge in [0, 0.05) is 46.2 Å². The lowest BCUT2D eigenvalue weighted by molar-refractivity contribution is -0.192. The summed E-state index contributed by atoms with van der Waals surface area (Å²) in [5.74, 6) is -1.95. The lowest BCUT2D eigenvalue weighted by Gasteiger charge is -2.46. The number of rotatable bonds is 5. The summed E-state index contributed by atoms with van der Waals surface area (Å²) in [6.07, 6.45) is -0.582. The topological polar surface area (TPSA) is 108 Å². The van der Waals surface area contributed by atoms with E-state index in [-0.39, 0.29) is 25.0 Å². The zero-order valence-electron chi connectivity index (χ0n) is 20.2. The number of alkyl halides is 3. The van der Waals surface area contributed by atoms with Gasteiger partial charge in [0.2, 0.25) is 11.8 Å². The van der Waals surface area contributed by atoms with Gasteiger partial charge in [-0.25, -0.2) is 9.78 Å². The van der Waals surface area contributed by atoms with Crippen molar-refractivity contribution in [3.8, 4) is 5.82 Å². The summed E-state index contributed by atoms with van der Waals surface area (Å²) >= 11 is 0. The molecule has 4 heterocycles. The van der Waals surface area contributed by atoms with E-state index in [1.165, 1.54) is 0 Å². The summed E-state index contributed by atoms with van der Waals surface area (Å²) in [7, 11) is 3.52. The Balaban J connectivity index is 0.000000454. The number of anilines is 1. The second kappa shape index (κ2) is 10.6. The molecule has 1 fully saturated rings. The number of likely N-dealkylation sites (tertiary alicyclic amines) is 1. The molecule has 1 saturated heterocycles. The van der Waals surface area contributed by atoms with Crippen LogP contribution < -0.4 is 4.90 Å². The molecule has 0 saturated carbocycles. The highest BCUT2D eigenvalue weighted by molar-refractivity contribution is 5.84. The summed E-state index contributed by atoms with van der Waals surface area (Å²) in [6, 6.07) is 7.96. The van der Waals surface area contributed by atoms with Gasteiger partial charge in [0.05, 0.1) is 17.9 Å². The number of aromatic nitrogens is 2. The number of carbonyl (C=O) groups is 3. The van der Waals surface area contributed by atoms with Crippen molar-refractivity contribution in [3.05, 3.63) is 42.4 Å². The van der Waals surface area contributed by atoms with Crippen molar-refractivity contribution < 1.29 is 37.4 Å². The average Bonchev–Trinajstić information content (AvgIpc) is 3.49. The van der Waals surface area contributed by atoms with Crippen LogP contribution in [-0.4, -0.2) is 95.4 Å². The lowest BCUT2D eigenvalue weighted by Crippen LogP contribution is -2.55. The summed E-state index contributed by atoms with van der Waals surface area (Å²) in [4.78, 5) is 44.4. The van der Waals surface area contributed by atoms with Crippen LogP contribution in [0, 0.1) is 0 Å². The van der Waals surface area contributed by atoms with Crippen molar-refractivity contribution in [2.24, 2.45) is 0 Å². The molecule has 2 aliphatic heterocycles. The Morgan fingerprint density at radius 2 is 1.92 bits per heavy atom. The molecule has 0 bridgehead atoms. The van der Waals surface area contributed by atoms with Crippen LogP contribution in [0.2, 0.25) is 0 Å². The molecular formula is C23H28F3N5O5. The maximum absolute atomic E-state index is 12.7. The van der Waals surface area contributed by atoms with Gasteiger partial charge in [-0.15, -0.1) is 0 Å². The first-order chi connectivity index (χ1) is 16.9. The number of hydrogen-bond donors (Lipinski definition) is 1. The normalized spacial score (nSPS) is 18.3. The van der Waals surface area contributed by atoms with Crippen LogP contribution in [0.15, 0.2) is 36.7 Å². The van der Waals surface area contributed by atoms with Gasteiger partial charge >= 0.3 is 12.1 Å². The summed E-state index contributed by atoms with van der Waals surface area (Å²) < 4.78 is 39.2. The van der Waals surface area contributed by atoms with E-state index in [1.807, 2.05) is 36.2 Å². The summed E-state index contributed by atoms with van der Waals surface area (Å²) in [5, 5.41) is 7.12. The number of hydrogen-bond acceptors (Lipinski definition) is 6. The Morgan fingerprint density at radius 1 is 1.22 bits per heavy atom. The maximum atomic E-state index is 12.7. The first kappa shape index (κ1) is 27.0. The molecule has 0 aromatic carbocycles. The molecule has 1 unspecified atom stereocenters. The van der Waals surface area contributed by atoms with Gasteiger partial charge in [0.15, 0.2) is 5.82 Å². The van der Waals surface area contributed by atoms with Gasteiger partial charge in [-0.3, -0.25) is 9.59 Å². The molecule has 2 aromatic heterocycles. The zero-order valence-corrected chi connectivity index (χ0v) is 20.2. The highest BCUT2D eigenvalue weighted by Crippen LogP contribution is 2.46. The fourth-order valence-corrected chi connectivity index (χ4v) is 4.33. The van der Waals surface area contributed by atoms with E-state index < -0.39 is 17.7 Å². The Bertz CT molecular complexity index is 1120. The number of carboxylic acids is 1. The number of fused-ring (bicyclic) bond motifs is 4. The molecule has 1 N–H and O–H groups in total. The average molecular weight is 512 g/mol. The molecule has 10 nitrogen and oxygen atoms in total. The molecule has 0 aliphatic carbocycles. The van der Waals surface area contributed by atoms with Crippen molar-refractivity contribution in [3.63, 3.8) is 0 Å². The first-order valence-corrected chi connectivity index (χ1v) is 11.2. The number of aliphatic carboxylic acids is 1. The third-order valence-corrected chi connectivity index (χ3v) is 6.09. The quantitative estimate of drug-likeness (QED) is 0.653. The molecule has 1 atom stereocenters. The van der Waals surface area contributed by atoms with Crippen molar-refractivity contribution in [1.29, 1.82) is 0 Å². The van der Waals surface area contributed by atoms with Gasteiger partial charge in [-0.2, -0.15) is 13.2 Å². The van der Waals surface area contributed by atoms with Crippen LogP contribution >= 0.6 is 0 Å². The van der Waals surface area contributed by atoms with Gasteiger partial charge < -0.3 is 29.1 Å². The highest BCUT2D eigenvalue weighted by atomic mass is 19.4. The van der Waals surface area contributed by atoms with E-state index in [1.54, 1.807) is 25.2 Å². The van der Waals surface area contributed by atoms with Crippen LogP contribution in [0.4, 0.5) is 18.9 Å². The minimum atomic E-state index is -5.08. The molecule has 0 radical (unpaired) electrons. The largest absolute Gasteiger partial charge is 0.490 e. The Hall–Kier alpha value is -3.61. The molecule has 2 aromatic rings. The van der Waals surface area contributed by atoms with Crippen LogP contribution in [0.3, 0.4) is 0 Å². The lowest BCUT2D eigenvalue weighted by atomic mass is 9.88. The molecule has 36 heavy (non-hydrogen) atoms. The number of amides is 2. The number of carbonyl (C=O) groups excluding carboxylic acids is 2. The van der Waals surface area contributed by atoms with E-state index >= 15 is 0 Å². The fraction of sp³-hybridized carbons (Fsp3) is 0.478. The Morgan fingerprint density at radius 3 is 2.53 bits per heavy atom. The Kier molecular flexibility index (Phi) is 7.92. The van der Waals surface area contributed by atoms with Crippen LogP contribution in [0.5, 0.6) is 0 Å². The van der Waals surface area contributed by atoms with Crippen LogP contribution in [0.25, 0.3) is 5.82 Å². The van der Waals surface area contributed by atoms with Crippen molar-refractivity contribution >= 4 is 23.5 Å². The second-order valence-corrected chi connectivity index (χ2v) is 8.52. The predicted octanol–water partition coefficient (Wildman–Crippen LogP) is 1.88. The number of likely N-dealkylation sites (N-methyl/N-ethyl adjacent to an activating group) is 1. The third-order valence-electron chi connectivity index (χ3n) is 6.09. The van der Waals surface area contributed by atoms with E-state index in [9.17, 15) is 22.8 Å². The predicted molar refractivity (Wildman–Crippen MR) is 123 cm³/mol.